The number of anilines is 1. The first-order chi connectivity index (χ1) is 5.65. The summed E-state index contributed by atoms with van der Waals surface area (Å²) in [7, 11) is 1.77. The molecule has 0 aromatic heterocycles. The van der Waals surface area contributed by atoms with Crippen LogP contribution in [0.25, 0.3) is 0 Å². The molecule has 3 nitrogen and oxygen atoms in total. The van der Waals surface area contributed by atoms with Gasteiger partial charge >= 0.3 is 0 Å². The van der Waals surface area contributed by atoms with Crippen molar-refractivity contribution >= 4 is 23.1 Å². The van der Waals surface area contributed by atoms with Crippen molar-refractivity contribution in [3.63, 3.8) is 0 Å². The van der Waals surface area contributed by atoms with E-state index >= 15 is 0 Å². The Morgan fingerprint density at radius 2 is 2.25 bits per heavy atom. The normalized spacial score (nSPS) is 9.50. The zero-order valence-corrected chi connectivity index (χ0v) is 7.44. The van der Waals surface area contributed by atoms with Crippen LogP contribution in [0, 0.1) is 5.41 Å². The summed E-state index contributed by atoms with van der Waals surface area (Å²) in [5.74, 6) is 0.0156. The van der Waals surface area contributed by atoms with Crippen LogP contribution in [0.1, 0.15) is 5.56 Å². The van der Waals surface area contributed by atoms with Crippen molar-refractivity contribution in [2.75, 3.05) is 12.4 Å². The Labute approximate surface area is 76.0 Å². The summed E-state index contributed by atoms with van der Waals surface area (Å²) in [6, 6.07) is 5.20. The lowest BCUT2D eigenvalue weighted by molar-refractivity contribution is 1.40. The van der Waals surface area contributed by atoms with E-state index < -0.39 is 0 Å². The average molecular weight is 184 g/mol. The number of halogens is 1. The van der Waals surface area contributed by atoms with Crippen LogP contribution in [0.4, 0.5) is 5.69 Å². The van der Waals surface area contributed by atoms with Gasteiger partial charge in [0.25, 0.3) is 0 Å². The molecule has 1 aromatic carbocycles. The summed E-state index contributed by atoms with van der Waals surface area (Å²) >= 11 is 5.74. The zero-order valence-electron chi connectivity index (χ0n) is 6.69. The third-order valence-electron chi connectivity index (χ3n) is 1.54. The van der Waals surface area contributed by atoms with E-state index in [0.29, 0.717) is 10.6 Å². The van der Waals surface area contributed by atoms with Crippen LogP contribution in [0.3, 0.4) is 0 Å². The summed E-state index contributed by atoms with van der Waals surface area (Å²) in [4.78, 5) is 0. The highest BCUT2D eigenvalue weighted by Crippen LogP contribution is 2.19. The molecular weight excluding hydrogens is 174 g/mol. The van der Waals surface area contributed by atoms with E-state index in [9.17, 15) is 0 Å². The van der Waals surface area contributed by atoms with E-state index in [-0.39, 0.29) is 5.84 Å². The minimum absolute atomic E-state index is 0.0156. The third-order valence-corrected chi connectivity index (χ3v) is 1.78. The van der Waals surface area contributed by atoms with E-state index in [0.717, 1.165) is 5.69 Å². The molecule has 1 aromatic rings. The van der Waals surface area contributed by atoms with Gasteiger partial charge < -0.3 is 11.1 Å². The molecule has 0 saturated heterocycles. The van der Waals surface area contributed by atoms with Crippen molar-refractivity contribution in [3.05, 3.63) is 28.8 Å². The first-order valence-electron chi connectivity index (χ1n) is 3.47. The smallest absolute Gasteiger partial charge is 0.124 e. The van der Waals surface area contributed by atoms with Gasteiger partial charge in [0.1, 0.15) is 5.84 Å². The Balaban J connectivity index is 3.21. The highest BCUT2D eigenvalue weighted by Gasteiger charge is 2.03. The summed E-state index contributed by atoms with van der Waals surface area (Å²) in [6.07, 6.45) is 0. The molecule has 0 heterocycles. The standard InChI is InChI=1S/C8H10ClN3/c1-12-7-3-2-5(9)4-6(7)8(10)11/h2-4,12H,1H3,(H3,10,11). The molecule has 0 aliphatic rings. The maximum atomic E-state index is 7.26. The molecule has 0 fully saturated rings. The van der Waals surface area contributed by atoms with Crippen LogP contribution in [0.5, 0.6) is 0 Å². The van der Waals surface area contributed by atoms with Crippen molar-refractivity contribution in [2.45, 2.75) is 0 Å². The van der Waals surface area contributed by atoms with Gasteiger partial charge in [-0.3, -0.25) is 5.41 Å². The van der Waals surface area contributed by atoms with Crippen molar-refractivity contribution in [1.82, 2.24) is 0 Å². The number of hydrogen-bond acceptors (Lipinski definition) is 2. The quantitative estimate of drug-likeness (QED) is 0.483. The molecule has 12 heavy (non-hydrogen) atoms. The van der Waals surface area contributed by atoms with Crippen LogP contribution in [-0.4, -0.2) is 12.9 Å². The molecule has 64 valence electrons. The van der Waals surface area contributed by atoms with Gasteiger partial charge in [-0.1, -0.05) is 11.6 Å². The molecule has 0 spiro atoms. The van der Waals surface area contributed by atoms with Gasteiger partial charge in [0.2, 0.25) is 0 Å². The monoisotopic (exact) mass is 183 g/mol. The van der Waals surface area contributed by atoms with Gasteiger partial charge in [-0.25, -0.2) is 0 Å². The van der Waals surface area contributed by atoms with E-state index in [1.54, 1.807) is 25.2 Å². The summed E-state index contributed by atoms with van der Waals surface area (Å²) < 4.78 is 0. The van der Waals surface area contributed by atoms with Gasteiger partial charge in [0.15, 0.2) is 0 Å². The molecule has 0 aliphatic carbocycles. The van der Waals surface area contributed by atoms with E-state index in [4.69, 9.17) is 22.7 Å². The minimum atomic E-state index is 0.0156. The molecule has 0 amide bonds. The number of nitrogens with one attached hydrogen (secondary N) is 2. The fraction of sp³-hybridized carbons (Fsp3) is 0.125. The number of amidine groups is 1. The molecule has 0 saturated carbocycles. The lowest BCUT2D eigenvalue weighted by Crippen LogP contribution is -2.13. The second kappa shape index (κ2) is 3.45. The van der Waals surface area contributed by atoms with Crippen molar-refractivity contribution in [3.8, 4) is 0 Å². The summed E-state index contributed by atoms with van der Waals surface area (Å²) in [5, 5.41) is 10.8. The van der Waals surface area contributed by atoms with Gasteiger partial charge in [0.05, 0.1) is 0 Å². The fourth-order valence-corrected chi connectivity index (χ4v) is 1.13. The van der Waals surface area contributed by atoms with Gasteiger partial charge in [-0.15, -0.1) is 0 Å². The molecule has 4 N–H and O–H groups in total. The molecule has 0 bridgehead atoms. The minimum Gasteiger partial charge on any atom is -0.388 e. The van der Waals surface area contributed by atoms with Crippen LogP contribution >= 0.6 is 11.6 Å². The second-order valence-electron chi connectivity index (χ2n) is 2.35. The lowest BCUT2D eigenvalue weighted by Gasteiger charge is -2.06. The molecule has 0 radical (unpaired) electrons. The topological polar surface area (TPSA) is 61.9 Å². The Bertz CT molecular complexity index is 309. The molecule has 0 unspecified atom stereocenters. The Hall–Kier alpha value is -1.22. The highest BCUT2D eigenvalue weighted by molar-refractivity contribution is 6.31. The molecule has 4 heteroatoms. The predicted octanol–water partition coefficient (Wildman–Crippen LogP) is 1.67. The molecule has 0 aliphatic heterocycles. The van der Waals surface area contributed by atoms with Crippen molar-refractivity contribution in [2.24, 2.45) is 5.73 Å². The number of nitrogen functional groups attached to an aromatic ring is 1. The van der Waals surface area contributed by atoms with Crippen LogP contribution in [0.15, 0.2) is 18.2 Å². The number of rotatable bonds is 2. The Morgan fingerprint density at radius 1 is 1.58 bits per heavy atom. The van der Waals surface area contributed by atoms with Crippen LogP contribution in [0.2, 0.25) is 5.02 Å². The van der Waals surface area contributed by atoms with Crippen LogP contribution in [-0.2, 0) is 0 Å². The van der Waals surface area contributed by atoms with E-state index in [1.165, 1.54) is 0 Å². The fourth-order valence-electron chi connectivity index (χ4n) is 0.957. The molecular formula is C8H10ClN3. The average Bonchev–Trinajstić information content (AvgIpc) is 2.04. The number of benzene rings is 1. The number of nitrogens with two attached hydrogens (primary N) is 1. The van der Waals surface area contributed by atoms with Crippen molar-refractivity contribution < 1.29 is 0 Å². The zero-order chi connectivity index (χ0) is 9.14. The second-order valence-corrected chi connectivity index (χ2v) is 2.79. The summed E-state index contributed by atoms with van der Waals surface area (Å²) in [5.41, 5.74) is 6.79. The molecule has 1 rings (SSSR count). The maximum Gasteiger partial charge on any atom is 0.124 e. The molecule has 0 atom stereocenters. The lowest BCUT2D eigenvalue weighted by atomic mass is 10.1. The van der Waals surface area contributed by atoms with E-state index in [2.05, 4.69) is 5.32 Å². The largest absolute Gasteiger partial charge is 0.388 e. The van der Waals surface area contributed by atoms with Gasteiger partial charge in [-0.2, -0.15) is 0 Å². The highest BCUT2D eigenvalue weighted by atomic mass is 35.5. The van der Waals surface area contributed by atoms with Gasteiger partial charge in [-0.05, 0) is 18.2 Å². The predicted molar refractivity (Wildman–Crippen MR) is 52.0 cm³/mol. The number of hydrogen-bond donors (Lipinski definition) is 3. The summed E-state index contributed by atoms with van der Waals surface area (Å²) in [6.45, 7) is 0. The first-order valence-corrected chi connectivity index (χ1v) is 3.84. The SMILES string of the molecule is CNc1ccc(Cl)cc1C(=N)N. The van der Waals surface area contributed by atoms with Crippen LogP contribution < -0.4 is 11.1 Å². The Kier molecular flexibility index (Phi) is 2.55. The third kappa shape index (κ3) is 1.68. The maximum absolute atomic E-state index is 7.26. The van der Waals surface area contributed by atoms with Crippen molar-refractivity contribution in [1.29, 1.82) is 5.41 Å². The van der Waals surface area contributed by atoms with E-state index in [1.807, 2.05) is 0 Å². The first kappa shape index (κ1) is 8.87. The Morgan fingerprint density at radius 3 is 2.75 bits per heavy atom. The van der Waals surface area contributed by atoms with Gasteiger partial charge in [0, 0.05) is 23.3 Å².